The van der Waals surface area contributed by atoms with E-state index < -0.39 is 0 Å². The lowest BCUT2D eigenvalue weighted by Gasteiger charge is -2.14. The molecule has 0 atom stereocenters. The van der Waals surface area contributed by atoms with Crippen molar-refractivity contribution in [3.05, 3.63) is 114 Å². The van der Waals surface area contributed by atoms with Crippen LogP contribution in [-0.4, -0.2) is 9.38 Å². The first-order valence-electron chi connectivity index (χ1n) is 10.9. The van der Waals surface area contributed by atoms with Crippen LogP contribution >= 0.6 is 0 Å². The highest BCUT2D eigenvalue weighted by Crippen LogP contribution is 2.36. The Morgan fingerprint density at radius 3 is 2.39 bits per heavy atom. The van der Waals surface area contributed by atoms with Gasteiger partial charge in [-0.1, -0.05) is 60.7 Å². The number of anilines is 2. The van der Waals surface area contributed by atoms with Gasteiger partial charge in [0, 0.05) is 17.4 Å². The van der Waals surface area contributed by atoms with Crippen molar-refractivity contribution in [3.63, 3.8) is 0 Å². The van der Waals surface area contributed by atoms with Crippen molar-refractivity contribution in [2.24, 2.45) is 0 Å². The number of hydrogen-bond donors (Lipinski definition) is 1. The summed E-state index contributed by atoms with van der Waals surface area (Å²) in [6, 6.07) is 26.5. The molecule has 0 saturated heterocycles. The van der Waals surface area contributed by atoms with E-state index in [1.165, 1.54) is 12.1 Å². The molecule has 33 heavy (non-hydrogen) atoms. The van der Waals surface area contributed by atoms with Crippen LogP contribution in [-0.2, 0) is 6.61 Å². The number of aryl methyl sites for hydroxylation is 2. The van der Waals surface area contributed by atoms with Crippen LogP contribution in [0.15, 0.2) is 91.1 Å². The van der Waals surface area contributed by atoms with E-state index in [0.717, 1.165) is 28.2 Å². The zero-order chi connectivity index (χ0) is 22.8. The fourth-order valence-electron chi connectivity index (χ4n) is 3.98. The van der Waals surface area contributed by atoms with E-state index in [2.05, 4.69) is 31.3 Å². The lowest BCUT2D eigenvalue weighted by Crippen LogP contribution is -2.01. The maximum atomic E-state index is 14.1. The van der Waals surface area contributed by atoms with Crippen molar-refractivity contribution in [1.82, 2.24) is 9.38 Å². The number of nitrogens with zero attached hydrogens (tertiary/aromatic N) is 2. The third-order valence-corrected chi connectivity index (χ3v) is 5.67. The van der Waals surface area contributed by atoms with E-state index in [4.69, 9.17) is 9.72 Å². The van der Waals surface area contributed by atoms with E-state index in [-0.39, 0.29) is 5.82 Å². The highest BCUT2D eigenvalue weighted by atomic mass is 19.1. The van der Waals surface area contributed by atoms with Gasteiger partial charge in [-0.2, -0.15) is 0 Å². The van der Waals surface area contributed by atoms with Gasteiger partial charge in [-0.25, -0.2) is 9.37 Å². The molecule has 0 amide bonds. The molecule has 2 heterocycles. The average Bonchev–Trinajstić information content (AvgIpc) is 3.20. The SMILES string of the molecule is Cc1cccc(C)c1Nc1c(-c2cccc(F)c2)nc2c(OCc3ccccc3)cccn12. The molecule has 0 unspecified atom stereocenters. The molecular weight excluding hydrogens is 413 g/mol. The number of ether oxygens (including phenoxy) is 1. The molecular formula is C28H24FN3O. The van der Waals surface area contributed by atoms with E-state index in [1.807, 2.05) is 65.2 Å². The summed E-state index contributed by atoms with van der Waals surface area (Å²) in [7, 11) is 0. The third-order valence-electron chi connectivity index (χ3n) is 5.67. The minimum absolute atomic E-state index is 0.303. The molecule has 0 spiro atoms. The Morgan fingerprint density at radius 1 is 0.879 bits per heavy atom. The van der Waals surface area contributed by atoms with Crippen LogP contribution in [0, 0.1) is 19.7 Å². The summed E-state index contributed by atoms with van der Waals surface area (Å²) in [5.41, 5.74) is 6.34. The Kier molecular flexibility index (Phi) is 5.53. The molecule has 2 aromatic heterocycles. The Bertz CT molecular complexity index is 1410. The third kappa shape index (κ3) is 4.17. The van der Waals surface area contributed by atoms with Crippen LogP contribution in [0.25, 0.3) is 16.9 Å². The smallest absolute Gasteiger partial charge is 0.181 e. The molecule has 0 bridgehead atoms. The summed E-state index contributed by atoms with van der Waals surface area (Å²) in [4.78, 5) is 4.90. The molecule has 164 valence electrons. The van der Waals surface area contributed by atoms with Crippen LogP contribution in [0.5, 0.6) is 5.75 Å². The summed E-state index contributed by atoms with van der Waals surface area (Å²) in [5.74, 6) is 1.12. The van der Waals surface area contributed by atoms with Gasteiger partial charge in [-0.15, -0.1) is 0 Å². The standard InChI is InChI=1S/C28H24FN3O/c1-19-9-6-10-20(2)25(19)30-28-26(22-13-7-14-23(29)17-22)31-27-24(15-8-16-32(27)28)33-18-21-11-4-3-5-12-21/h3-17,30H,18H2,1-2H3. The first-order chi connectivity index (χ1) is 16.1. The normalized spacial score (nSPS) is 11.0. The fourth-order valence-corrected chi connectivity index (χ4v) is 3.98. The van der Waals surface area contributed by atoms with Gasteiger partial charge in [0.1, 0.15) is 23.9 Å². The molecule has 0 aliphatic rings. The quantitative estimate of drug-likeness (QED) is 0.308. The molecule has 0 aliphatic carbocycles. The number of halogens is 1. The molecule has 0 fully saturated rings. The summed E-state index contributed by atoms with van der Waals surface area (Å²) < 4.78 is 22.2. The van der Waals surface area contributed by atoms with E-state index in [0.29, 0.717) is 29.3 Å². The maximum absolute atomic E-state index is 14.1. The molecule has 5 rings (SSSR count). The zero-order valence-electron chi connectivity index (χ0n) is 18.5. The second-order valence-corrected chi connectivity index (χ2v) is 8.05. The topological polar surface area (TPSA) is 38.6 Å². The lowest BCUT2D eigenvalue weighted by molar-refractivity contribution is 0.308. The van der Waals surface area contributed by atoms with E-state index in [9.17, 15) is 4.39 Å². The Labute approximate surface area is 192 Å². The molecule has 0 saturated carbocycles. The summed E-state index contributed by atoms with van der Waals surface area (Å²) >= 11 is 0. The highest BCUT2D eigenvalue weighted by Gasteiger charge is 2.19. The number of fused-ring (bicyclic) bond motifs is 1. The van der Waals surface area contributed by atoms with Crippen molar-refractivity contribution < 1.29 is 9.13 Å². The predicted molar refractivity (Wildman–Crippen MR) is 131 cm³/mol. The molecule has 1 N–H and O–H groups in total. The van der Waals surface area contributed by atoms with Crippen molar-refractivity contribution in [2.75, 3.05) is 5.32 Å². The van der Waals surface area contributed by atoms with Crippen molar-refractivity contribution in [3.8, 4) is 17.0 Å². The van der Waals surface area contributed by atoms with Crippen molar-refractivity contribution >= 4 is 17.2 Å². The predicted octanol–water partition coefficient (Wildman–Crippen LogP) is 7.08. The Hall–Kier alpha value is -4.12. The Morgan fingerprint density at radius 2 is 1.64 bits per heavy atom. The molecule has 4 nitrogen and oxygen atoms in total. The van der Waals surface area contributed by atoms with Gasteiger partial charge in [0.15, 0.2) is 11.4 Å². The lowest BCUT2D eigenvalue weighted by atomic mass is 10.1. The van der Waals surface area contributed by atoms with Gasteiger partial charge in [0.25, 0.3) is 0 Å². The number of imidazole rings is 1. The number of aromatic nitrogens is 2. The molecule has 0 aliphatic heterocycles. The van der Waals surface area contributed by atoms with Gasteiger partial charge in [-0.3, -0.25) is 4.40 Å². The monoisotopic (exact) mass is 437 g/mol. The first kappa shape index (κ1) is 20.8. The minimum Gasteiger partial charge on any atom is -0.485 e. The first-order valence-corrected chi connectivity index (χ1v) is 10.9. The largest absolute Gasteiger partial charge is 0.485 e. The number of benzene rings is 3. The van der Waals surface area contributed by atoms with Crippen LogP contribution in [0.1, 0.15) is 16.7 Å². The van der Waals surface area contributed by atoms with Crippen LogP contribution < -0.4 is 10.1 Å². The molecule has 0 radical (unpaired) electrons. The van der Waals surface area contributed by atoms with Gasteiger partial charge in [0.2, 0.25) is 0 Å². The Balaban J connectivity index is 1.64. The fraction of sp³-hybridized carbons (Fsp3) is 0.107. The molecule has 5 heteroatoms. The van der Waals surface area contributed by atoms with Gasteiger partial charge >= 0.3 is 0 Å². The van der Waals surface area contributed by atoms with Crippen LogP contribution in [0.3, 0.4) is 0 Å². The van der Waals surface area contributed by atoms with Gasteiger partial charge in [-0.05, 0) is 54.8 Å². The molecule has 3 aromatic carbocycles. The summed E-state index contributed by atoms with van der Waals surface area (Å²) in [5, 5.41) is 3.57. The maximum Gasteiger partial charge on any atom is 0.181 e. The van der Waals surface area contributed by atoms with E-state index >= 15 is 0 Å². The molecule has 5 aromatic rings. The number of hydrogen-bond acceptors (Lipinski definition) is 3. The average molecular weight is 438 g/mol. The summed E-state index contributed by atoms with van der Waals surface area (Å²) in [6.45, 7) is 4.56. The van der Waals surface area contributed by atoms with Gasteiger partial charge in [0.05, 0.1) is 0 Å². The van der Waals surface area contributed by atoms with E-state index in [1.54, 1.807) is 6.07 Å². The van der Waals surface area contributed by atoms with Gasteiger partial charge < -0.3 is 10.1 Å². The van der Waals surface area contributed by atoms with Crippen LogP contribution in [0.4, 0.5) is 15.9 Å². The minimum atomic E-state index is -0.303. The number of rotatable bonds is 6. The number of pyridine rings is 1. The highest BCUT2D eigenvalue weighted by molar-refractivity contribution is 5.82. The number of nitrogens with one attached hydrogen (secondary N) is 1. The zero-order valence-corrected chi connectivity index (χ0v) is 18.5. The van der Waals surface area contributed by atoms with Crippen molar-refractivity contribution in [1.29, 1.82) is 0 Å². The second kappa shape index (κ2) is 8.79. The second-order valence-electron chi connectivity index (χ2n) is 8.05. The number of para-hydroxylation sites is 1. The summed E-state index contributed by atoms with van der Waals surface area (Å²) in [6.07, 6.45) is 1.94. The van der Waals surface area contributed by atoms with Crippen molar-refractivity contribution in [2.45, 2.75) is 20.5 Å². The van der Waals surface area contributed by atoms with Crippen LogP contribution in [0.2, 0.25) is 0 Å².